The van der Waals surface area contributed by atoms with Gasteiger partial charge in [-0.05, 0) is 24.3 Å². The van der Waals surface area contributed by atoms with Gasteiger partial charge in [0.25, 0.3) is 0 Å². The van der Waals surface area contributed by atoms with Crippen LogP contribution < -0.4 is 0 Å². The Hall–Kier alpha value is -0.900. The van der Waals surface area contributed by atoms with Crippen LogP contribution >= 0.6 is 0 Å². The van der Waals surface area contributed by atoms with Gasteiger partial charge in [-0.3, -0.25) is 0 Å². The van der Waals surface area contributed by atoms with Crippen molar-refractivity contribution in [2.45, 2.75) is 44.7 Å². The molecule has 1 aliphatic heterocycles. The van der Waals surface area contributed by atoms with Gasteiger partial charge < -0.3 is 14.6 Å². The number of ether oxygens (including phenoxy) is 2. The van der Waals surface area contributed by atoms with Crippen LogP contribution in [0.5, 0.6) is 0 Å². The Bertz CT molecular complexity index is 406. The molecule has 19 heavy (non-hydrogen) atoms. The highest BCUT2D eigenvalue weighted by atomic mass is 16.6. The second-order valence-electron chi connectivity index (χ2n) is 5.68. The normalized spacial score (nSPS) is 34.0. The zero-order valence-corrected chi connectivity index (χ0v) is 11.4. The average Bonchev–Trinajstić information content (AvgIpc) is 3.14. The first kappa shape index (κ1) is 13.1. The highest BCUT2D eigenvalue weighted by Crippen LogP contribution is 2.48. The summed E-state index contributed by atoms with van der Waals surface area (Å²) < 4.78 is 11.4. The van der Waals surface area contributed by atoms with Crippen molar-refractivity contribution in [3.63, 3.8) is 0 Å². The smallest absolute Gasteiger partial charge is 0.0895 e. The quantitative estimate of drug-likeness (QED) is 0.800. The van der Waals surface area contributed by atoms with Crippen molar-refractivity contribution in [1.82, 2.24) is 0 Å². The van der Waals surface area contributed by atoms with Crippen LogP contribution in [0.25, 0.3) is 0 Å². The Morgan fingerprint density at radius 2 is 2.16 bits per heavy atom. The summed E-state index contributed by atoms with van der Waals surface area (Å²) in [6.45, 7) is 3.37. The van der Waals surface area contributed by atoms with E-state index in [1.54, 1.807) is 0 Å². The minimum atomic E-state index is -0.207. The lowest BCUT2D eigenvalue weighted by atomic mass is 9.89. The van der Waals surface area contributed by atoms with E-state index in [0.29, 0.717) is 37.3 Å². The first-order valence-electron chi connectivity index (χ1n) is 7.24. The van der Waals surface area contributed by atoms with Crippen molar-refractivity contribution in [3.8, 4) is 0 Å². The van der Waals surface area contributed by atoms with E-state index in [4.69, 9.17) is 9.47 Å². The molecule has 1 heterocycles. The van der Waals surface area contributed by atoms with E-state index in [1.807, 2.05) is 25.1 Å². The topological polar surface area (TPSA) is 42.0 Å². The van der Waals surface area contributed by atoms with Crippen molar-refractivity contribution in [1.29, 1.82) is 0 Å². The predicted molar refractivity (Wildman–Crippen MR) is 72.7 cm³/mol. The fourth-order valence-electron chi connectivity index (χ4n) is 3.26. The summed E-state index contributed by atoms with van der Waals surface area (Å²) in [4.78, 5) is 0. The molecule has 3 heteroatoms. The molecule has 1 aliphatic carbocycles. The van der Waals surface area contributed by atoms with Crippen LogP contribution in [0, 0.1) is 11.8 Å². The molecule has 1 N–H and O–H groups in total. The third kappa shape index (κ3) is 2.83. The highest BCUT2D eigenvalue weighted by Gasteiger charge is 2.56. The van der Waals surface area contributed by atoms with Crippen molar-refractivity contribution in [2.75, 3.05) is 6.61 Å². The standard InChI is InChI=1S/C16H22O3/c1-2-14(17)12-8-15-16(19-15)13(12)10-18-9-11-6-4-3-5-7-11/h3-7,12-17H,2,8-10H2,1H3/t12-,13+,14+,15+,16-/m1/s1. The van der Waals surface area contributed by atoms with E-state index in [9.17, 15) is 5.11 Å². The molecule has 3 rings (SSSR count). The number of fused-ring (bicyclic) bond motifs is 1. The van der Waals surface area contributed by atoms with Crippen LogP contribution in [0.2, 0.25) is 0 Å². The lowest BCUT2D eigenvalue weighted by molar-refractivity contribution is -0.0000761. The van der Waals surface area contributed by atoms with Crippen LogP contribution in [0.1, 0.15) is 25.3 Å². The molecule has 5 atom stereocenters. The van der Waals surface area contributed by atoms with Crippen molar-refractivity contribution in [2.24, 2.45) is 11.8 Å². The third-order valence-corrected chi connectivity index (χ3v) is 4.43. The number of aliphatic hydroxyl groups is 1. The maximum Gasteiger partial charge on any atom is 0.0895 e. The SMILES string of the molecule is CC[C@H](O)[C@@H]1C[C@@H]2O[C@@H]2[C@H]1COCc1ccccc1. The molecule has 0 bridgehead atoms. The van der Waals surface area contributed by atoms with Gasteiger partial charge in [0.05, 0.1) is 31.5 Å². The maximum atomic E-state index is 10.1. The Kier molecular flexibility index (Phi) is 3.87. The summed E-state index contributed by atoms with van der Waals surface area (Å²) >= 11 is 0. The fraction of sp³-hybridized carbons (Fsp3) is 0.625. The van der Waals surface area contributed by atoms with Gasteiger partial charge in [-0.1, -0.05) is 37.3 Å². The van der Waals surface area contributed by atoms with Gasteiger partial charge in [-0.15, -0.1) is 0 Å². The van der Waals surface area contributed by atoms with Crippen molar-refractivity contribution >= 4 is 0 Å². The van der Waals surface area contributed by atoms with Gasteiger partial charge in [-0.25, -0.2) is 0 Å². The molecule has 0 spiro atoms. The average molecular weight is 262 g/mol. The fourth-order valence-corrected chi connectivity index (χ4v) is 3.26. The zero-order valence-electron chi connectivity index (χ0n) is 11.4. The molecule has 104 valence electrons. The third-order valence-electron chi connectivity index (χ3n) is 4.43. The number of hydrogen-bond donors (Lipinski definition) is 1. The minimum Gasteiger partial charge on any atom is -0.393 e. The Morgan fingerprint density at radius 1 is 1.37 bits per heavy atom. The van der Waals surface area contributed by atoms with E-state index in [1.165, 1.54) is 5.56 Å². The molecule has 3 nitrogen and oxygen atoms in total. The summed E-state index contributed by atoms with van der Waals surface area (Å²) in [7, 11) is 0. The predicted octanol–water partition coefficient (Wildman–Crippen LogP) is 2.38. The largest absolute Gasteiger partial charge is 0.393 e. The van der Waals surface area contributed by atoms with Gasteiger partial charge in [-0.2, -0.15) is 0 Å². The number of hydrogen-bond acceptors (Lipinski definition) is 3. The van der Waals surface area contributed by atoms with E-state index in [0.717, 1.165) is 12.8 Å². The summed E-state index contributed by atoms with van der Waals surface area (Å²) in [6, 6.07) is 10.2. The monoisotopic (exact) mass is 262 g/mol. The number of benzene rings is 1. The molecule has 0 amide bonds. The minimum absolute atomic E-state index is 0.207. The molecule has 1 aromatic carbocycles. The van der Waals surface area contributed by atoms with E-state index in [-0.39, 0.29) is 6.10 Å². The van der Waals surface area contributed by atoms with Gasteiger partial charge in [0.15, 0.2) is 0 Å². The van der Waals surface area contributed by atoms with Crippen molar-refractivity contribution in [3.05, 3.63) is 35.9 Å². The maximum absolute atomic E-state index is 10.1. The molecular formula is C16H22O3. The molecule has 2 aliphatic rings. The van der Waals surface area contributed by atoms with Gasteiger partial charge in [0.1, 0.15) is 0 Å². The Labute approximate surface area is 114 Å². The summed E-state index contributed by atoms with van der Waals surface area (Å²) in [5.41, 5.74) is 1.20. The summed E-state index contributed by atoms with van der Waals surface area (Å²) in [6.07, 6.45) is 2.33. The van der Waals surface area contributed by atoms with Crippen LogP contribution in [-0.2, 0) is 16.1 Å². The highest BCUT2D eigenvalue weighted by molar-refractivity contribution is 5.13. The first-order chi connectivity index (χ1) is 9.29. The van der Waals surface area contributed by atoms with E-state index in [2.05, 4.69) is 12.1 Å². The number of aliphatic hydroxyl groups excluding tert-OH is 1. The van der Waals surface area contributed by atoms with E-state index >= 15 is 0 Å². The van der Waals surface area contributed by atoms with Gasteiger partial charge in [0, 0.05) is 5.92 Å². The molecular weight excluding hydrogens is 240 g/mol. The Balaban J connectivity index is 1.51. The molecule has 1 aromatic rings. The van der Waals surface area contributed by atoms with Crippen LogP contribution in [-0.4, -0.2) is 30.0 Å². The lowest BCUT2D eigenvalue weighted by Gasteiger charge is -2.25. The molecule has 1 saturated heterocycles. The molecule has 0 unspecified atom stereocenters. The second-order valence-corrected chi connectivity index (χ2v) is 5.68. The van der Waals surface area contributed by atoms with Gasteiger partial charge in [0.2, 0.25) is 0 Å². The van der Waals surface area contributed by atoms with Gasteiger partial charge >= 0.3 is 0 Å². The van der Waals surface area contributed by atoms with Crippen LogP contribution in [0.4, 0.5) is 0 Å². The lowest BCUT2D eigenvalue weighted by Crippen LogP contribution is -2.30. The van der Waals surface area contributed by atoms with Crippen molar-refractivity contribution < 1.29 is 14.6 Å². The molecule has 2 fully saturated rings. The summed E-state index contributed by atoms with van der Waals surface area (Å²) in [5, 5.41) is 10.1. The van der Waals surface area contributed by atoms with Crippen LogP contribution in [0.15, 0.2) is 30.3 Å². The molecule has 0 radical (unpaired) electrons. The van der Waals surface area contributed by atoms with Crippen LogP contribution in [0.3, 0.4) is 0 Å². The Morgan fingerprint density at radius 3 is 2.89 bits per heavy atom. The van der Waals surface area contributed by atoms with E-state index < -0.39 is 0 Å². The first-order valence-corrected chi connectivity index (χ1v) is 7.24. The summed E-state index contributed by atoms with van der Waals surface area (Å²) in [5.74, 6) is 0.716. The molecule has 0 aromatic heterocycles. The number of epoxide rings is 1. The molecule has 1 saturated carbocycles. The second kappa shape index (κ2) is 5.61. The number of rotatable bonds is 6. The zero-order chi connectivity index (χ0) is 13.2.